The first-order valence-electron chi connectivity index (χ1n) is 9.51. The minimum atomic E-state index is -0.426. The van der Waals surface area contributed by atoms with Gasteiger partial charge >= 0.3 is 5.97 Å². The summed E-state index contributed by atoms with van der Waals surface area (Å²) in [7, 11) is 0. The summed E-state index contributed by atoms with van der Waals surface area (Å²) in [4.78, 5) is 11.9. The van der Waals surface area contributed by atoms with Crippen LogP contribution in [0.15, 0.2) is 46.9 Å². The number of hydrogen-bond acceptors (Lipinski definition) is 4. The van der Waals surface area contributed by atoms with Crippen molar-refractivity contribution in [2.75, 3.05) is 6.61 Å². The third-order valence-corrected chi connectivity index (χ3v) is 5.02. The molecule has 1 aromatic heterocycles. The van der Waals surface area contributed by atoms with Crippen LogP contribution in [0.5, 0.6) is 5.75 Å². The number of benzene rings is 2. The van der Waals surface area contributed by atoms with Crippen LogP contribution >= 0.6 is 0 Å². The van der Waals surface area contributed by atoms with E-state index < -0.39 is 5.97 Å². The van der Waals surface area contributed by atoms with Crippen LogP contribution < -0.4 is 0 Å². The Bertz CT molecular complexity index is 939. The highest BCUT2D eigenvalue weighted by atomic mass is 16.5. The second-order valence-corrected chi connectivity index (χ2v) is 6.89. The Labute approximate surface area is 159 Å². The monoisotopic (exact) mass is 366 g/mol. The molecule has 0 saturated carbocycles. The molecule has 0 fully saturated rings. The van der Waals surface area contributed by atoms with Crippen LogP contribution in [0, 0.1) is 6.92 Å². The Morgan fingerprint density at radius 2 is 1.96 bits per heavy atom. The minimum absolute atomic E-state index is 0.247. The topological polar surface area (TPSA) is 59.7 Å². The quantitative estimate of drug-likeness (QED) is 0.541. The van der Waals surface area contributed by atoms with Crippen molar-refractivity contribution in [3.05, 3.63) is 64.9 Å². The molecule has 4 heteroatoms. The first-order chi connectivity index (χ1) is 13.0. The van der Waals surface area contributed by atoms with Crippen molar-refractivity contribution in [2.24, 2.45) is 0 Å². The normalized spacial score (nSPS) is 12.3. The molecule has 1 unspecified atom stereocenters. The molecule has 2 aromatic carbocycles. The maximum Gasteiger partial charge on any atom is 0.374 e. The number of carbonyl (C=O) groups excluding carboxylic acids is 1. The van der Waals surface area contributed by atoms with Gasteiger partial charge in [0, 0.05) is 5.39 Å². The number of furan rings is 1. The summed E-state index contributed by atoms with van der Waals surface area (Å²) in [5.41, 5.74) is 4.09. The van der Waals surface area contributed by atoms with E-state index in [0.717, 1.165) is 30.2 Å². The number of rotatable bonds is 7. The minimum Gasteiger partial charge on any atom is -0.508 e. The fourth-order valence-electron chi connectivity index (χ4n) is 3.44. The van der Waals surface area contributed by atoms with Crippen LogP contribution in [0.2, 0.25) is 0 Å². The molecule has 0 spiro atoms. The standard InChI is InChI=1S/C23H26O4/c1-4-17(8-6-16-7-10-20(24)15(3)12-16)18-9-11-21-19(13-18)14-22(27-21)23(25)26-5-2/h7,9-14,17,24H,4-6,8H2,1-3H3. The van der Waals surface area contributed by atoms with Crippen LogP contribution in [0.25, 0.3) is 11.0 Å². The van der Waals surface area contributed by atoms with E-state index in [2.05, 4.69) is 19.1 Å². The lowest BCUT2D eigenvalue weighted by atomic mass is 9.89. The molecule has 0 saturated heterocycles. The fourth-order valence-corrected chi connectivity index (χ4v) is 3.44. The molecule has 0 aliphatic carbocycles. The van der Waals surface area contributed by atoms with Crippen molar-refractivity contribution in [3.63, 3.8) is 0 Å². The molecule has 0 bridgehead atoms. The van der Waals surface area contributed by atoms with Crippen molar-refractivity contribution < 1.29 is 19.1 Å². The van der Waals surface area contributed by atoms with Gasteiger partial charge in [-0.05, 0) is 80.0 Å². The van der Waals surface area contributed by atoms with Gasteiger partial charge in [-0.1, -0.05) is 25.1 Å². The van der Waals surface area contributed by atoms with E-state index in [1.807, 2.05) is 25.1 Å². The van der Waals surface area contributed by atoms with Gasteiger partial charge in [-0.2, -0.15) is 0 Å². The molecular formula is C23H26O4. The molecule has 0 amide bonds. The Morgan fingerprint density at radius 3 is 2.67 bits per heavy atom. The van der Waals surface area contributed by atoms with Crippen molar-refractivity contribution in [3.8, 4) is 5.75 Å². The van der Waals surface area contributed by atoms with Crippen molar-refractivity contribution >= 4 is 16.9 Å². The van der Waals surface area contributed by atoms with Gasteiger partial charge in [0.1, 0.15) is 11.3 Å². The third-order valence-electron chi connectivity index (χ3n) is 5.02. The van der Waals surface area contributed by atoms with E-state index in [0.29, 0.717) is 23.9 Å². The lowest BCUT2D eigenvalue weighted by Gasteiger charge is -2.16. The summed E-state index contributed by atoms with van der Waals surface area (Å²) in [6, 6.07) is 13.7. The van der Waals surface area contributed by atoms with Crippen LogP contribution in [-0.4, -0.2) is 17.7 Å². The van der Waals surface area contributed by atoms with Gasteiger partial charge in [0.2, 0.25) is 5.76 Å². The molecule has 0 radical (unpaired) electrons. The number of aryl methyl sites for hydroxylation is 2. The smallest absolute Gasteiger partial charge is 0.374 e. The number of phenolic OH excluding ortho intramolecular Hbond substituents is 1. The highest BCUT2D eigenvalue weighted by Crippen LogP contribution is 2.30. The summed E-state index contributed by atoms with van der Waals surface area (Å²) >= 11 is 0. The molecule has 4 nitrogen and oxygen atoms in total. The van der Waals surface area contributed by atoms with Crippen molar-refractivity contribution in [2.45, 2.75) is 46.0 Å². The van der Waals surface area contributed by atoms with Crippen LogP contribution in [0.1, 0.15) is 59.9 Å². The van der Waals surface area contributed by atoms with E-state index in [1.165, 1.54) is 11.1 Å². The Morgan fingerprint density at radius 1 is 1.15 bits per heavy atom. The number of carbonyl (C=O) groups is 1. The average molecular weight is 366 g/mol. The van der Waals surface area contributed by atoms with E-state index in [9.17, 15) is 9.90 Å². The Balaban J connectivity index is 1.76. The second kappa shape index (κ2) is 8.30. The highest BCUT2D eigenvalue weighted by Gasteiger charge is 2.16. The number of aromatic hydroxyl groups is 1. The molecule has 1 atom stereocenters. The lowest BCUT2D eigenvalue weighted by molar-refractivity contribution is 0.0492. The first kappa shape index (κ1) is 19.0. The summed E-state index contributed by atoms with van der Waals surface area (Å²) in [6.07, 6.45) is 3.01. The van der Waals surface area contributed by atoms with Gasteiger partial charge in [-0.15, -0.1) is 0 Å². The molecule has 3 rings (SSSR count). The van der Waals surface area contributed by atoms with Gasteiger partial charge in [0.15, 0.2) is 0 Å². The Kier molecular flexibility index (Phi) is 5.84. The molecule has 3 aromatic rings. The van der Waals surface area contributed by atoms with Crippen LogP contribution in [0.3, 0.4) is 0 Å². The molecular weight excluding hydrogens is 340 g/mol. The summed E-state index contributed by atoms with van der Waals surface area (Å²) in [5.74, 6) is 0.583. The van der Waals surface area contributed by atoms with Gasteiger partial charge in [0.05, 0.1) is 6.61 Å². The lowest BCUT2D eigenvalue weighted by Crippen LogP contribution is -2.02. The average Bonchev–Trinajstić information content (AvgIpc) is 3.09. The van der Waals surface area contributed by atoms with Crippen LogP contribution in [0.4, 0.5) is 0 Å². The number of hydrogen-bond donors (Lipinski definition) is 1. The Hall–Kier alpha value is -2.75. The fraction of sp³-hybridized carbons (Fsp3) is 0.348. The first-order valence-corrected chi connectivity index (χ1v) is 9.51. The molecule has 1 heterocycles. The maximum absolute atomic E-state index is 11.9. The van der Waals surface area contributed by atoms with Gasteiger partial charge < -0.3 is 14.3 Å². The number of fused-ring (bicyclic) bond motifs is 1. The zero-order chi connectivity index (χ0) is 19.4. The van der Waals surface area contributed by atoms with Crippen molar-refractivity contribution in [1.82, 2.24) is 0 Å². The predicted octanol–water partition coefficient (Wildman–Crippen LogP) is 5.75. The highest BCUT2D eigenvalue weighted by molar-refractivity contribution is 5.92. The van der Waals surface area contributed by atoms with Gasteiger partial charge in [-0.3, -0.25) is 0 Å². The van der Waals surface area contributed by atoms with Gasteiger partial charge in [-0.25, -0.2) is 4.79 Å². The molecule has 27 heavy (non-hydrogen) atoms. The SMILES string of the molecule is CCOC(=O)c1cc2cc(C(CC)CCc3ccc(O)c(C)c3)ccc2o1. The van der Waals surface area contributed by atoms with Gasteiger partial charge in [0.25, 0.3) is 0 Å². The summed E-state index contributed by atoms with van der Waals surface area (Å²) in [6.45, 7) is 6.22. The molecule has 0 aliphatic heterocycles. The summed E-state index contributed by atoms with van der Waals surface area (Å²) in [5, 5.41) is 10.6. The zero-order valence-corrected chi connectivity index (χ0v) is 16.1. The van der Waals surface area contributed by atoms with E-state index in [4.69, 9.17) is 9.15 Å². The van der Waals surface area contributed by atoms with Crippen LogP contribution in [-0.2, 0) is 11.2 Å². The van der Waals surface area contributed by atoms with E-state index in [1.54, 1.807) is 19.1 Å². The number of ether oxygens (including phenoxy) is 1. The van der Waals surface area contributed by atoms with Crippen molar-refractivity contribution in [1.29, 1.82) is 0 Å². The maximum atomic E-state index is 11.9. The molecule has 142 valence electrons. The number of phenols is 1. The second-order valence-electron chi connectivity index (χ2n) is 6.89. The zero-order valence-electron chi connectivity index (χ0n) is 16.1. The third kappa shape index (κ3) is 4.33. The van der Waals surface area contributed by atoms with E-state index >= 15 is 0 Å². The summed E-state index contributed by atoms with van der Waals surface area (Å²) < 4.78 is 10.6. The molecule has 1 N–H and O–H groups in total. The number of esters is 1. The largest absolute Gasteiger partial charge is 0.508 e. The van der Waals surface area contributed by atoms with E-state index in [-0.39, 0.29) is 5.76 Å². The molecule has 0 aliphatic rings. The predicted molar refractivity (Wildman–Crippen MR) is 106 cm³/mol.